The van der Waals surface area contributed by atoms with E-state index < -0.39 is 6.03 Å². The Labute approximate surface area is 81.1 Å². The van der Waals surface area contributed by atoms with Gasteiger partial charge in [-0.2, -0.15) is 0 Å². The summed E-state index contributed by atoms with van der Waals surface area (Å²) >= 11 is 0. The van der Waals surface area contributed by atoms with Gasteiger partial charge in [-0.15, -0.1) is 0 Å². The van der Waals surface area contributed by atoms with Gasteiger partial charge in [-0.3, -0.25) is 4.79 Å². The van der Waals surface area contributed by atoms with E-state index in [0.29, 0.717) is 17.7 Å². The van der Waals surface area contributed by atoms with Crippen molar-refractivity contribution in [1.82, 2.24) is 0 Å². The predicted molar refractivity (Wildman–Crippen MR) is 52.3 cm³/mol. The monoisotopic (exact) mass is 190 g/mol. The molecule has 0 saturated carbocycles. The molecule has 72 valence electrons. The van der Waals surface area contributed by atoms with Gasteiger partial charge in [0.1, 0.15) is 0 Å². The number of nitrogens with two attached hydrogens (primary N) is 1. The number of rotatable bonds is 1. The van der Waals surface area contributed by atoms with E-state index in [-0.39, 0.29) is 5.78 Å². The van der Waals surface area contributed by atoms with Gasteiger partial charge in [-0.1, -0.05) is 6.07 Å². The number of amides is 2. The zero-order chi connectivity index (χ0) is 10.1. The summed E-state index contributed by atoms with van der Waals surface area (Å²) in [6.45, 7) is 0. The Hall–Kier alpha value is -1.84. The van der Waals surface area contributed by atoms with Gasteiger partial charge in [0, 0.05) is 17.7 Å². The summed E-state index contributed by atoms with van der Waals surface area (Å²) in [6.07, 6.45) is 1.36. The highest BCUT2D eigenvalue weighted by molar-refractivity contribution is 6.02. The maximum absolute atomic E-state index is 11.4. The second-order valence-electron chi connectivity index (χ2n) is 3.28. The molecule has 2 amide bonds. The van der Waals surface area contributed by atoms with E-state index in [1.165, 1.54) is 0 Å². The van der Waals surface area contributed by atoms with Crippen molar-refractivity contribution in [2.45, 2.75) is 12.8 Å². The Morgan fingerprint density at radius 2 is 2.14 bits per heavy atom. The number of nitrogens with one attached hydrogen (secondary N) is 1. The third-order valence-corrected chi connectivity index (χ3v) is 2.30. The lowest BCUT2D eigenvalue weighted by molar-refractivity contribution is 0.0994. The fourth-order valence-corrected chi connectivity index (χ4v) is 1.66. The number of hydrogen-bond acceptors (Lipinski definition) is 2. The summed E-state index contributed by atoms with van der Waals surface area (Å²) in [5.41, 5.74) is 7.30. The van der Waals surface area contributed by atoms with Gasteiger partial charge < -0.3 is 11.1 Å². The first kappa shape index (κ1) is 8.74. The molecule has 4 heteroatoms. The SMILES string of the molecule is NC(=O)Nc1ccc2c(c1)C(=O)CC2. The second kappa shape index (κ2) is 3.14. The summed E-state index contributed by atoms with van der Waals surface area (Å²) < 4.78 is 0. The fraction of sp³-hybridized carbons (Fsp3) is 0.200. The van der Waals surface area contributed by atoms with Crippen molar-refractivity contribution in [3.63, 3.8) is 0 Å². The molecule has 0 fully saturated rings. The van der Waals surface area contributed by atoms with Gasteiger partial charge in [0.25, 0.3) is 0 Å². The van der Waals surface area contributed by atoms with Crippen molar-refractivity contribution in [2.75, 3.05) is 5.32 Å². The van der Waals surface area contributed by atoms with Gasteiger partial charge in [0.05, 0.1) is 0 Å². The highest BCUT2D eigenvalue weighted by Crippen LogP contribution is 2.24. The molecule has 0 spiro atoms. The third-order valence-electron chi connectivity index (χ3n) is 2.30. The van der Waals surface area contributed by atoms with Crippen LogP contribution in [0.5, 0.6) is 0 Å². The number of carbonyl (C=O) groups is 2. The lowest BCUT2D eigenvalue weighted by Crippen LogP contribution is -2.19. The van der Waals surface area contributed by atoms with Gasteiger partial charge in [0.15, 0.2) is 5.78 Å². The first-order valence-corrected chi connectivity index (χ1v) is 4.39. The molecule has 3 N–H and O–H groups in total. The van der Waals surface area contributed by atoms with Crippen molar-refractivity contribution in [3.05, 3.63) is 29.3 Å². The molecule has 0 atom stereocenters. The minimum atomic E-state index is -0.615. The number of primary amides is 1. The van der Waals surface area contributed by atoms with Crippen LogP contribution in [0.3, 0.4) is 0 Å². The van der Waals surface area contributed by atoms with Crippen molar-refractivity contribution >= 4 is 17.5 Å². The zero-order valence-electron chi connectivity index (χ0n) is 7.54. The standard InChI is InChI=1S/C10H10N2O2/c11-10(14)12-7-3-1-6-2-4-9(13)8(6)5-7/h1,3,5H,2,4H2,(H3,11,12,14). The average molecular weight is 190 g/mol. The highest BCUT2D eigenvalue weighted by atomic mass is 16.2. The molecule has 14 heavy (non-hydrogen) atoms. The predicted octanol–water partition coefficient (Wildman–Crippen LogP) is 1.31. The Morgan fingerprint density at radius 1 is 1.36 bits per heavy atom. The van der Waals surface area contributed by atoms with E-state index in [1.807, 2.05) is 6.07 Å². The highest BCUT2D eigenvalue weighted by Gasteiger charge is 2.19. The molecule has 0 radical (unpaired) electrons. The number of anilines is 1. The van der Waals surface area contributed by atoms with Gasteiger partial charge >= 0.3 is 6.03 Å². The van der Waals surface area contributed by atoms with Gasteiger partial charge in [-0.25, -0.2) is 4.79 Å². The molecule has 0 heterocycles. The van der Waals surface area contributed by atoms with Crippen molar-refractivity contribution in [1.29, 1.82) is 0 Å². The fourth-order valence-electron chi connectivity index (χ4n) is 1.66. The number of carbonyl (C=O) groups excluding carboxylic acids is 2. The van der Waals surface area contributed by atoms with E-state index in [2.05, 4.69) is 5.32 Å². The Bertz CT molecular complexity index is 413. The third kappa shape index (κ3) is 1.46. The number of urea groups is 1. The average Bonchev–Trinajstić information content (AvgIpc) is 2.47. The summed E-state index contributed by atoms with van der Waals surface area (Å²) in [5, 5.41) is 2.44. The summed E-state index contributed by atoms with van der Waals surface area (Å²) in [5.74, 6) is 0.133. The summed E-state index contributed by atoms with van der Waals surface area (Å²) in [7, 11) is 0. The molecular weight excluding hydrogens is 180 g/mol. The van der Waals surface area contributed by atoms with Crippen LogP contribution in [0, 0.1) is 0 Å². The first-order valence-electron chi connectivity index (χ1n) is 4.39. The lowest BCUT2D eigenvalue weighted by Gasteiger charge is -2.03. The Balaban J connectivity index is 2.35. The van der Waals surface area contributed by atoms with E-state index >= 15 is 0 Å². The molecular formula is C10H10N2O2. The summed E-state index contributed by atoms with van der Waals surface area (Å²) in [6, 6.07) is 4.67. The quantitative estimate of drug-likeness (QED) is 0.700. The molecule has 2 rings (SSSR count). The van der Waals surface area contributed by atoms with E-state index in [1.54, 1.807) is 12.1 Å². The molecule has 0 bridgehead atoms. The van der Waals surface area contributed by atoms with E-state index in [4.69, 9.17) is 5.73 Å². The molecule has 1 aromatic carbocycles. The van der Waals surface area contributed by atoms with Crippen molar-refractivity contribution in [3.8, 4) is 0 Å². The summed E-state index contributed by atoms with van der Waals surface area (Å²) in [4.78, 5) is 21.9. The zero-order valence-corrected chi connectivity index (χ0v) is 7.54. The van der Waals surface area contributed by atoms with Crippen LogP contribution in [-0.2, 0) is 6.42 Å². The minimum Gasteiger partial charge on any atom is -0.351 e. The van der Waals surface area contributed by atoms with Crippen LogP contribution in [-0.4, -0.2) is 11.8 Å². The normalized spacial score (nSPS) is 13.9. The molecule has 0 aliphatic heterocycles. The second-order valence-corrected chi connectivity index (χ2v) is 3.28. The van der Waals surface area contributed by atoms with Crippen LogP contribution in [0.15, 0.2) is 18.2 Å². The van der Waals surface area contributed by atoms with Gasteiger partial charge in [0.2, 0.25) is 0 Å². The van der Waals surface area contributed by atoms with Gasteiger partial charge in [-0.05, 0) is 24.1 Å². The molecule has 0 unspecified atom stereocenters. The Morgan fingerprint density at radius 3 is 2.86 bits per heavy atom. The van der Waals surface area contributed by atoms with E-state index in [9.17, 15) is 9.59 Å². The number of fused-ring (bicyclic) bond motifs is 1. The Kier molecular flexibility index (Phi) is 1.96. The van der Waals surface area contributed by atoms with E-state index in [0.717, 1.165) is 12.0 Å². The maximum Gasteiger partial charge on any atom is 0.316 e. The number of benzene rings is 1. The molecule has 1 aliphatic carbocycles. The topological polar surface area (TPSA) is 72.2 Å². The first-order chi connectivity index (χ1) is 6.66. The largest absolute Gasteiger partial charge is 0.351 e. The maximum atomic E-state index is 11.4. The van der Waals surface area contributed by atoms with Crippen LogP contribution < -0.4 is 11.1 Å². The van der Waals surface area contributed by atoms with Crippen LogP contribution in [0.2, 0.25) is 0 Å². The van der Waals surface area contributed by atoms with Crippen LogP contribution in [0.4, 0.5) is 10.5 Å². The smallest absolute Gasteiger partial charge is 0.316 e. The van der Waals surface area contributed by atoms with Crippen LogP contribution in [0.1, 0.15) is 22.3 Å². The minimum absolute atomic E-state index is 0.133. The van der Waals surface area contributed by atoms with Crippen molar-refractivity contribution in [2.24, 2.45) is 5.73 Å². The van der Waals surface area contributed by atoms with Crippen molar-refractivity contribution < 1.29 is 9.59 Å². The molecule has 0 aromatic heterocycles. The van der Waals surface area contributed by atoms with Crippen LogP contribution >= 0.6 is 0 Å². The molecule has 1 aromatic rings. The molecule has 0 saturated heterocycles. The number of hydrogen-bond donors (Lipinski definition) is 2. The molecule has 1 aliphatic rings. The number of Topliss-reactive ketones (excluding diaryl/α,β-unsaturated/α-hetero) is 1. The molecule has 4 nitrogen and oxygen atoms in total. The van der Waals surface area contributed by atoms with Crippen LogP contribution in [0.25, 0.3) is 0 Å². The number of ketones is 1. The lowest BCUT2D eigenvalue weighted by atomic mass is 10.1. The number of aryl methyl sites for hydroxylation is 1.